The number of aliphatic hydroxyl groups is 2. The first-order chi connectivity index (χ1) is 13.3. The summed E-state index contributed by atoms with van der Waals surface area (Å²) in [5.41, 5.74) is 0. The lowest BCUT2D eigenvalue weighted by Gasteiger charge is -2.29. The fraction of sp³-hybridized carbons (Fsp3) is 1.00. The Bertz CT molecular complexity index is 340. The Balaban J connectivity index is 4.44. The van der Waals surface area contributed by atoms with Gasteiger partial charge in [-0.15, -0.1) is 0 Å². The topological polar surface area (TPSA) is 83.9 Å². The highest BCUT2D eigenvalue weighted by atomic mass is 28.4. The van der Waals surface area contributed by atoms with Gasteiger partial charge in [0.1, 0.15) is 0 Å². The molecule has 0 spiro atoms. The second-order valence-electron chi connectivity index (χ2n) is 7.42. The van der Waals surface area contributed by atoms with Gasteiger partial charge in [-0.3, -0.25) is 9.80 Å². The van der Waals surface area contributed by atoms with Crippen molar-refractivity contribution in [1.82, 2.24) is 9.80 Å². The smallest absolute Gasteiger partial charge is 0.334 e. The zero-order valence-corrected chi connectivity index (χ0v) is 20.9. The molecule has 0 heterocycles. The molecule has 0 unspecified atom stereocenters. The van der Waals surface area contributed by atoms with E-state index in [-0.39, 0.29) is 13.2 Å². The van der Waals surface area contributed by atoms with Crippen molar-refractivity contribution in [2.24, 2.45) is 0 Å². The standard InChI is InChI=1S/C18H44N2O6Si2/c1-23-27(5,24-2)17-7-9-19(13-15-21)11-12-20(14-16-22)10-8-18-28(6,25-3)26-4/h21-22H,7-18H2,1-6H3. The van der Waals surface area contributed by atoms with Gasteiger partial charge in [-0.2, -0.15) is 0 Å². The van der Waals surface area contributed by atoms with E-state index in [1.165, 1.54) is 0 Å². The lowest BCUT2D eigenvalue weighted by Crippen LogP contribution is -2.41. The molecule has 0 aromatic rings. The van der Waals surface area contributed by atoms with Gasteiger partial charge in [0, 0.05) is 54.6 Å². The van der Waals surface area contributed by atoms with Crippen molar-refractivity contribution in [3.05, 3.63) is 0 Å². The molecule has 0 aliphatic rings. The van der Waals surface area contributed by atoms with Gasteiger partial charge in [-0.25, -0.2) is 0 Å². The predicted molar refractivity (Wildman–Crippen MR) is 117 cm³/mol. The molecule has 0 bridgehead atoms. The van der Waals surface area contributed by atoms with Crippen LogP contribution in [0.5, 0.6) is 0 Å². The van der Waals surface area contributed by atoms with E-state index >= 15 is 0 Å². The van der Waals surface area contributed by atoms with Gasteiger partial charge in [0.05, 0.1) is 13.2 Å². The van der Waals surface area contributed by atoms with Crippen LogP contribution < -0.4 is 0 Å². The second-order valence-corrected chi connectivity index (χ2v) is 14.6. The first-order valence-electron chi connectivity index (χ1n) is 10.2. The molecule has 0 aromatic heterocycles. The Morgan fingerprint density at radius 1 is 0.571 bits per heavy atom. The highest BCUT2D eigenvalue weighted by Crippen LogP contribution is 2.15. The highest BCUT2D eigenvalue weighted by Gasteiger charge is 2.29. The van der Waals surface area contributed by atoms with Crippen LogP contribution >= 0.6 is 0 Å². The van der Waals surface area contributed by atoms with E-state index in [0.717, 1.165) is 51.1 Å². The molecule has 0 amide bonds. The van der Waals surface area contributed by atoms with Crippen LogP contribution in [0.2, 0.25) is 25.2 Å². The van der Waals surface area contributed by atoms with Crippen molar-refractivity contribution in [2.75, 3.05) is 80.9 Å². The van der Waals surface area contributed by atoms with Crippen molar-refractivity contribution in [3.8, 4) is 0 Å². The Morgan fingerprint density at radius 2 is 0.893 bits per heavy atom. The number of hydrogen-bond donors (Lipinski definition) is 2. The van der Waals surface area contributed by atoms with Crippen LogP contribution in [0.4, 0.5) is 0 Å². The largest absolute Gasteiger partial charge is 0.398 e. The zero-order chi connectivity index (χ0) is 21.5. The van der Waals surface area contributed by atoms with E-state index in [2.05, 4.69) is 22.9 Å². The lowest BCUT2D eigenvalue weighted by atomic mass is 10.3. The summed E-state index contributed by atoms with van der Waals surface area (Å²) < 4.78 is 22.2. The first kappa shape index (κ1) is 28.1. The first-order valence-corrected chi connectivity index (χ1v) is 15.2. The molecule has 10 heteroatoms. The third-order valence-corrected chi connectivity index (χ3v) is 11.5. The molecule has 0 aromatic carbocycles. The summed E-state index contributed by atoms with van der Waals surface area (Å²) >= 11 is 0. The normalized spacial score (nSPS) is 13.1. The molecule has 0 saturated heterocycles. The van der Waals surface area contributed by atoms with E-state index < -0.39 is 17.1 Å². The minimum atomic E-state index is -2.04. The van der Waals surface area contributed by atoms with Crippen LogP contribution in [0.15, 0.2) is 0 Å². The van der Waals surface area contributed by atoms with Crippen LogP contribution in [0.1, 0.15) is 12.8 Å². The summed E-state index contributed by atoms with van der Waals surface area (Å²) in [7, 11) is 2.79. The fourth-order valence-electron chi connectivity index (χ4n) is 3.06. The minimum absolute atomic E-state index is 0.148. The van der Waals surface area contributed by atoms with E-state index in [1.807, 2.05) is 0 Å². The van der Waals surface area contributed by atoms with Gasteiger partial charge in [0.15, 0.2) is 0 Å². The Hall–Kier alpha value is 0.114. The molecule has 28 heavy (non-hydrogen) atoms. The molecule has 0 aliphatic heterocycles. The third-order valence-electron chi connectivity index (χ3n) is 5.50. The summed E-state index contributed by atoms with van der Waals surface area (Å²) in [6, 6.07) is 1.86. The Labute approximate surface area is 174 Å². The van der Waals surface area contributed by atoms with Gasteiger partial charge in [-0.1, -0.05) is 0 Å². The van der Waals surface area contributed by atoms with E-state index in [9.17, 15) is 10.2 Å². The zero-order valence-electron chi connectivity index (χ0n) is 18.9. The molecule has 0 aliphatic carbocycles. The van der Waals surface area contributed by atoms with Crippen LogP contribution in [0, 0.1) is 0 Å². The molecule has 0 atom stereocenters. The van der Waals surface area contributed by atoms with Crippen molar-refractivity contribution < 1.29 is 27.9 Å². The van der Waals surface area contributed by atoms with Gasteiger partial charge in [-0.05, 0) is 51.1 Å². The number of hydrogen-bond acceptors (Lipinski definition) is 8. The molecular weight excluding hydrogens is 396 g/mol. The maximum absolute atomic E-state index is 9.38. The minimum Gasteiger partial charge on any atom is -0.398 e. The van der Waals surface area contributed by atoms with Crippen molar-refractivity contribution in [3.63, 3.8) is 0 Å². The molecule has 170 valence electrons. The van der Waals surface area contributed by atoms with Crippen molar-refractivity contribution in [2.45, 2.75) is 38.0 Å². The molecule has 0 fully saturated rings. The summed E-state index contributed by atoms with van der Waals surface area (Å²) in [6.45, 7) is 9.29. The van der Waals surface area contributed by atoms with Gasteiger partial charge >= 0.3 is 17.1 Å². The van der Waals surface area contributed by atoms with Gasteiger partial charge < -0.3 is 27.9 Å². The Morgan fingerprint density at radius 3 is 1.14 bits per heavy atom. The molecule has 2 N–H and O–H groups in total. The van der Waals surface area contributed by atoms with Gasteiger partial charge in [0.2, 0.25) is 0 Å². The molecule has 0 rings (SSSR count). The van der Waals surface area contributed by atoms with Crippen LogP contribution in [-0.2, 0) is 17.7 Å². The molecular formula is C18H44N2O6Si2. The molecule has 0 saturated carbocycles. The Kier molecular flexibility index (Phi) is 16.0. The van der Waals surface area contributed by atoms with Crippen molar-refractivity contribution >= 4 is 17.1 Å². The quantitative estimate of drug-likeness (QED) is 0.289. The fourth-order valence-corrected chi connectivity index (χ4v) is 5.81. The number of rotatable bonds is 19. The van der Waals surface area contributed by atoms with E-state index in [4.69, 9.17) is 17.7 Å². The summed E-state index contributed by atoms with van der Waals surface area (Å²) in [5, 5.41) is 18.8. The second kappa shape index (κ2) is 15.9. The molecule has 8 nitrogen and oxygen atoms in total. The maximum Gasteiger partial charge on any atom is 0.334 e. The van der Waals surface area contributed by atoms with Crippen molar-refractivity contribution in [1.29, 1.82) is 0 Å². The van der Waals surface area contributed by atoms with Crippen LogP contribution in [0.25, 0.3) is 0 Å². The maximum atomic E-state index is 9.38. The predicted octanol–water partition coefficient (Wildman–Crippen LogP) is 1.08. The number of aliphatic hydroxyl groups excluding tert-OH is 2. The van der Waals surface area contributed by atoms with E-state index in [1.54, 1.807) is 28.4 Å². The number of nitrogens with zero attached hydrogens (tertiary/aromatic N) is 2. The average molecular weight is 441 g/mol. The lowest BCUT2D eigenvalue weighted by molar-refractivity contribution is 0.149. The molecule has 0 radical (unpaired) electrons. The summed E-state index contributed by atoms with van der Waals surface area (Å²) in [5.74, 6) is 0. The monoisotopic (exact) mass is 440 g/mol. The highest BCUT2D eigenvalue weighted by molar-refractivity contribution is 6.66. The van der Waals surface area contributed by atoms with Crippen LogP contribution in [0.3, 0.4) is 0 Å². The summed E-state index contributed by atoms with van der Waals surface area (Å²) in [6.07, 6.45) is 1.96. The average Bonchev–Trinajstić information content (AvgIpc) is 2.71. The summed E-state index contributed by atoms with van der Waals surface area (Å²) in [4.78, 5) is 4.54. The third kappa shape index (κ3) is 12.0. The SMILES string of the molecule is CO[Si](C)(CCCN(CCO)CCN(CCO)CCC[Si](C)(OC)OC)OC. The van der Waals surface area contributed by atoms with Crippen LogP contribution in [-0.4, -0.2) is 118 Å². The van der Waals surface area contributed by atoms with Gasteiger partial charge in [0.25, 0.3) is 0 Å². The van der Waals surface area contributed by atoms with E-state index in [0.29, 0.717) is 13.1 Å².